The van der Waals surface area contributed by atoms with Crippen molar-refractivity contribution in [2.45, 2.75) is 51.6 Å². The van der Waals surface area contributed by atoms with Crippen molar-refractivity contribution in [3.05, 3.63) is 103 Å². The van der Waals surface area contributed by atoms with E-state index in [0.717, 1.165) is 94.7 Å². The van der Waals surface area contributed by atoms with E-state index in [-0.39, 0.29) is 0 Å². The maximum Gasteiger partial charge on any atom is 0.156 e. The average Bonchev–Trinajstić information content (AvgIpc) is 4.20. The predicted molar refractivity (Wildman–Crippen MR) is 268 cm³/mol. The minimum atomic E-state index is 0.450. The molecule has 0 atom stereocenters. The van der Waals surface area contributed by atoms with E-state index in [2.05, 4.69) is 79.1 Å². The summed E-state index contributed by atoms with van der Waals surface area (Å²) in [6.07, 6.45) is 22.7. The first-order chi connectivity index (χ1) is 32.6. The smallest absolute Gasteiger partial charge is 0.156 e. The van der Waals surface area contributed by atoms with Crippen LogP contribution in [0.15, 0.2) is 98.1 Å². The number of nitrogen functional groups attached to an aromatic ring is 1. The van der Waals surface area contributed by atoms with Crippen LogP contribution in [-0.2, 0) is 13.1 Å². The molecule has 19 heteroatoms. The number of fused-ring (bicyclic) bond motifs is 2. The zero-order valence-corrected chi connectivity index (χ0v) is 39.5. The number of hydrogen-bond acceptors (Lipinski definition) is 16. The Morgan fingerprint density at radius 3 is 1.61 bits per heavy atom. The average molecular weight is 924 g/mol. The van der Waals surface area contributed by atoms with Gasteiger partial charge in [-0.1, -0.05) is 11.6 Å². The Bertz CT molecular complexity index is 2830. The molecule has 0 aromatic carbocycles. The van der Waals surface area contributed by atoms with Crippen molar-refractivity contribution in [1.82, 2.24) is 69.7 Å². The fourth-order valence-electron chi connectivity index (χ4n) is 7.98. The number of rotatable bonds is 14. The number of pyridine rings is 4. The van der Waals surface area contributed by atoms with E-state index in [9.17, 15) is 0 Å². The minimum absolute atomic E-state index is 0.450. The highest BCUT2D eigenvalue weighted by Crippen LogP contribution is 2.25. The molecule has 0 spiro atoms. The van der Waals surface area contributed by atoms with Crippen LogP contribution >= 0.6 is 11.6 Å². The Labute approximate surface area is 396 Å². The maximum atomic E-state index is 5.97. The van der Waals surface area contributed by atoms with Crippen LogP contribution in [0, 0.1) is 0 Å². The molecule has 0 bridgehead atoms. The summed E-state index contributed by atoms with van der Waals surface area (Å²) in [6, 6.07) is 15.3. The number of aryl methyl sites for hydroxylation is 2. The second kappa shape index (κ2) is 22.5. The maximum absolute atomic E-state index is 5.97. The number of hydrogen-bond donors (Lipinski definition) is 2. The number of nitrogens with one attached hydrogen (secondary N) is 1. The molecule has 0 radical (unpaired) electrons. The zero-order chi connectivity index (χ0) is 46.5. The predicted octanol–water partition coefficient (Wildman–Crippen LogP) is 7.34. The Hall–Kier alpha value is -6.89. The standard InChI is InChI=1S/C24H29N9.C18H20ClN5.C6H10N4/c1-31(2)20-13-24(30-26-16-20)29-23-7-6-21-22(28-23)12-18(14-25-21)19-15-27-33(17-19)11-5-10-32-8-3-4-9-32;19-18-5-4-16-17(22-18)10-14(11-20-16)15-12-21-24(13-15)9-3-8-23-6-1-2-7-23;1-10(2)5-3-6(7)9-8-4-5/h6-7,12-17H,3-5,8-11H2,1-2H3,(H,28,29,30);4-5,10-13H,1-3,6-9H2;3-4H,1-2H3,(H2,7,9). The van der Waals surface area contributed by atoms with Gasteiger partial charge in [-0.2, -0.15) is 20.4 Å². The van der Waals surface area contributed by atoms with Gasteiger partial charge in [-0.25, -0.2) is 9.97 Å². The van der Waals surface area contributed by atoms with Crippen molar-refractivity contribution >= 4 is 62.5 Å². The highest BCUT2D eigenvalue weighted by Gasteiger charge is 2.13. The second-order valence-corrected chi connectivity index (χ2v) is 17.6. The molecule has 3 N–H and O–H groups in total. The molecule has 0 aliphatic carbocycles. The van der Waals surface area contributed by atoms with Gasteiger partial charge < -0.3 is 30.7 Å². The van der Waals surface area contributed by atoms with Crippen LogP contribution in [0.2, 0.25) is 5.15 Å². The summed E-state index contributed by atoms with van der Waals surface area (Å²) in [5.41, 5.74) is 14.8. The van der Waals surface area contributed by atoms with Gasteiger partial charge in [0.25, 0.3) is 0 Å². The van der Waals surface area contributed by atoms with Gasteiger partial charge in [0.15, 0.2) is 5.82 Å². The van der Waals surface area contributed by atoms with Gasteiger partial charge in [0.2, 0.25) is 0 Å². The Balaban J connectivity index is 0.000000156. The van der Waals surface area contributed by atoms with Gasteiger partial charge in [-0.15, -0.1) is 10.2 Å². The quantitative estimate of drug-likeness (QED) is 0.103. The lowest BCUT2D eigenvalue weighted by Gasteiger charge is -2.13. The lowest BCUT2D eigenvalue weighted by Crippen LogP contribution is -2.21. The minimum Gasteiger partial charge on any atom is -0.382 e. The third kappa shape index (κ3) is 13.1. The van der Waals surface area contributed by atoms with Crippen molar-refractivity contribution in [3.8, 4) is 22.3 Å². The molecule has 8 aromatic heterocycles. The van der Waals surface area contributed by atoms with Crippen LogP contribution in [0.25, 0.3) is 44.3 Å². The molecule has 8 aromatic rings. The summed E-state index contributed by atoms with van der Waals surface area (Å²) in [7, 11) is 7.79. The molecular formula is C48H59ClN18. The van der Waals surface area contributed by atoms with Gasteiger partial charge >= 0.3 is 0 Å². The van der Waals surface area contributed by atoms with E-state index in [1.807, 2.05) is 102 Å². The highest BCUT2D eigenvalue weighted by molar-refractivity contribution is 6.29. The molecule has 2 fully saturated rings. The van der Waals surface area contributed by atoms with Gasteiger partial charge in [0, 0.05) is 100 Å². The topological polar surface area (TPSA) is 190 Å². The van der Waals surface area contributed by atoms with Crippen molar-refractivity contribution < 1.29 is 0 Å². The first-order valence-corrected chi connectivity index (χ1v) is 23.2. The third-order valence-electron chi connectivity index (χ3n) is 11.7. The summed E-state index contributed by atoms with van der Waals surface area (Å²) in [5.74, 6) is 1.79. The molecule has 10 heterocycles. The van der Waals surface area contributed by atoms with Crippen LogP contribution in [0.4, 0.5) is 28.8 Å². The number of nitrogens with two attached hydrogens (primary N) is 1. The third-order valence-corrected chi connectivity index (χ3v) is 11.9. The van der Waals surface area contributed by atoms with Crippen LogP contribution in [0.5, 0.6) is 0 Å². The zero-order valence-electron chi connectivity index (χ0n) is 38.7. The Morgan fingerprint density at radius 2 is 1.07 bits per heavy atom. The molecule has 10 rings (SSSR count). The van der Waals surface area contributed by atoms with Gasteiger partial charge in [-0.3, -0.25) is 19.3 Å². The SMILES string of the molecule is CN(C)c1cnnc(N)c1.CN(C)c1cnnc(Nc2ccc3ncc(-c4cnn(CCCN5CCCC5)c4)cc3n2)c1.Clc1ccc2ncc(-c3cnn(CCCN4CCCC4)c3)cc2n1. The van der Waals surface area contributed by atoms with Crippen LogP contribution in [0.1, 0.15) is 38.5 Å². The van der Waals surface area contributed by atoms with Gasteiger partial charge in [0.05, 0.1) is 58.2 Å². The summed E-state index contributed by atoms with van der Waals surface area (Å²) in [5, 5.41) is 28.3. The van der Waals surface area contributed by atoms with Crippen LogP contribution < -0.4 is 20.9 Å². The largest absolute Gasteiger partial charge is 0.382 e. The van der Waals surface area contributed by atoms with E-state index in [1.165, 1.54) is 51.9 Å². The normalized spacial score (nSPS) is 13.9. The molecule has 0 unspecified atom stereocenters. The molecule has 67 heavy (non-hydrogen) atoms. The molecule has 2 aliphatic rings. The monoisotopic (exact) mass is 922 g/mol. The molecule has 2 saturated heterocycles. The fraction of sp³-hybridized carbons (Fsp3) is 0.375. The van der Waals surface area contributed by atoms with Crippen molar-refractivity contribution in [1.29, 1.82) is 0 Å². The van der Waals surface area contributed by atoms with Crippen LogP contribution in [-0.4, -0.2) is 137 Å². The first kappa shape index (κ1) is 46.6. The summed E-state index contributed by atoms with van der Waals surface area (Å²) >= 11 is 5.97. The molecule has 348 valence electrons. The molecular weight excluding hydrogens is 864 g/mol. The fourth-order valence-corrected chi connectivity index (χ4v) is 8.13. The van der Waals surface area contributed by atoms with E-state index in [0.29, 0.717) is 22.6 Å². The molecule has 0 amide bonds. The lowest BCUT2D eigenvalue weighted by molar-refractivity contribution is 0.322. The van der Waals surface area contributed by atoms with Gasteiger partial charge in [-0.05, 0) is 114 Å². The summed E-state index contributed by atoms with van der Waals surface area (Å²) in [4.78, 5) is 27.1. The Kier molecular flexibility index (Phi) is 15.7. The summed E-state index contributed by atoms with van der Waals surface area (Å²) < 4.78 is 4.04. The van der Waals surface area contributed by atoms with Crippen LogP contribution in [0.3, 0.4) is 0 Å². The van der Waals surface area contributed by atoms with Gasteiger partial charge in [0.1, 0.15) is 16.8 Å². The number of nitrogens with zero attached hydrogens (tertiary/aromatic N) is 16. The number of aromatic nitrogens is 12. The van der Waals surface area contributed by atoms with Crippen molar-refractivity contribution in [3.63, 3.8) is 0 Å². The number of halogens is 1. The first-order valence-electron chi connectivity index (χ1n) is 22.8. The number of anilines is 5. The van der Waals surface area contributed by atoms with Crippen molar-refractivity contribution in [2.24, 2.45) is 0 Å². The van der Waals surface area contributed by atoms with E-state index < -0.39 is 0 Å². The lowest BCUT2D eigenvalue weighted by atomic mass is 10.1. The van der Waals surface area contributed by atoms with E-state index >= 15 is 0 Å². The van der Waals surface area contributed by atoms with E-state index in [4.69, 9.17) is 22.3 Å². The summed E-state index contributed by atoms with van der Waals surface area (Å²) in [6.45, 7) is 9.17. The molecule has 18 nitrogen and oxygen atoms in total. The molecule has 0 saturated carbocycles. The number of likely N-dealkylation sites (tertiary alicyclic amines) is 2. The molecule has 2 aliphatic heterocycles. The Morgan fingerprint density at radius 1 is 0.552 bits per heavy atom. The van der Waals surface area contributed by atoms with E-state index in [1.54, 1.807) is 24.5 Å². The second-order valence-electron chi connectivity index (χ2n) is 17.2. The van der Waals surface area contributed by atoms with Crippen molar-refractivity contribution in [2.75, 3.05) is 88.3 Å². The highest BCUT2D eigenvalue weighted by atomic mass is 35.5.